The molecule has 2 N–H and O–H groups in total. The summed E-state index contributed by atoms with van der Waals surface area (Å²) in [6.45, 7) is 5.33. The maximum Gasteiger partial charge on any atom is 0.214 e. The molecule has 0 atom stereocenters. The van der Waals surface area contributed by atoms with Crippen LogP contribution in [0.1, 0.15) is 22.6 Å². The Morgan fingerprint density at radius 1 is 0.926 bits per heavy atom. The van der Waals surface area contributed by atoms with Crippen LogP contribution in [0.4, 0.5) is 0 Å². The summed E-state index contributed by atoms with van der Waals surface area (Å²) in [6, 6.07) is 16.6. The van der Waals surface area contributed by atoms with Crippen LogP contribution in [0.5, 0.6) is 0 Å². The van der Waals surface area contributed by atoms with Crippen LogP contribution in [0.2, 0.25) is 0 Å². The van der Waals surface area contributed by atoms with Gasteiger partial charge >= 0.3 is 0 Å². The summed E-state index contributed by atoms with van der Waals surface area (Å²) in [5.41, 5.74) is 4.70. The van der Waals surface area contributed by atoms with Crippen molar-refractivity contribution >= 4 is 29.9 Å². The van der Waals surface area contributed by atoms with Crippen molar-refractivity contribution in [2.45, 2.75) is 26.9 Å². The Morgan fingerprint density at radius 2 is 1.52 bits per heavy atom. The van der Waals surface area contributed by atoms with E-state index in [2.05, 4.69) is 70.9 Å². The first-order chi connectivity index (χ1) is 12.6. The van der Waals surface area contributed by atoms with E-state index in [1.807, 2.05) is 12.1 Å². The molecule has 0 radical (unpaired) electrons. The fourth-order valence-electron chi connectivity index (χ4n) is 2.51. The van der Waals surface area contributed by atoms with Gasteiger partial charge in [-0.1, -0.05) is 59.7 Å². The SMILES string of the molecule is CN=C(NCc1ccc(C)cc1)NCc1ncc(-c2ccc(C)cc2)o1.I. The Kier molecular flexibility index (Phi) is 7.84. The second-order valence-corrected chi connectivity index (χ2v) is 6.25. The first kappa shape index (κ1) is 21.0. The smallest absolute Gasteiger partial charge is 0.214 e. The van der Waals surface area contributed by atoms with E-state index in [-0.39, 0.29) is 24.0 Å². The second-order valence-electron chi connectivity index (χ2n) is 6.25. The lowest BCUT2D eigenvalue weighted by Crippen LogP contribution is -2.36. The molecule has 27 heavy (non-hydrogen) atoms. The van der Waals surface area contributed by atoms with Crippen LogP contribution in [-0.2, 0) is 13.1 Å². The average Bonchev–Trinajstić information content (AvgIpc) is 3.13. The molecule has 0 aliphatic carbocycles. The van der Waals surface area contributed by atoms with Gasteiger partial charge in [-0.25, -0.2) is 4.98 Å². The minimum atomic E-state index is 0. The van der Waals surface area contributed by atoms with E-state index in [0.29, 0.717) is 24.9 Å². The van der Waals surface area contributed by atoms with E-state index in [1.165, 1.54) is 16.7 Å². The van der Waals surface area contributed by atoms with Gasteiger partial charge in [-0.05, 0) is 19.4 Å². The molecule has 0 amide bonds. The number of benzene rings is 2. The third kappa shape index (κ3) is 6.09. The van der Waals surface area contributed by atoms with Crippen molar-refractivity contribution in [2.75, 3.05) is 7.05 Å². The molecule has 0 aliphatic heterocycles. The summed E-state index contributed by atoms with van der Waals surface area (Å²) >= 11 is 0. The van der Waals surface area contributed by atoms with Crippen LogP contribution in [0, 0.1) is 13.8 Å². The molecule has 0 bridgehead atoms. The molecule has 3 rings (SSSR count). The van der Waals surface area contributed by atoms with Crippen LogP contribution >= 0.6 is 24.0 Å². The van der Waals surface area contributed by atoms with Gasteiger partial charge in [-0.15, -0.1) is 24.0 Å². The molecule has 0 saturated carbocycles. The molecule has 0 aliphatic rings. The van der Waals surface area contributed by atoms with E-state index in [9.17, 15) is 0 Å². The van der Waals surface area contributed by atoms with Crippen LogP contribution in [-0.4, -0.2) is 18.0 Å². The van der Waals surface area contributed by atoms with Gasteiger partial charge in [0.15, 0.2) is 11.7 Å². The minimum absolute atomic E-state index is 0. The molecule has 6 heteroatoms. The highest BCUT2D eigenvalue weighted by Gasteiger charge is 2.07. The predicted octanol–water partition coefficient (Wildman–Crippen LogP) is 4.44. The third-order valence-corrected chi connectivity index (χ3v) is 4.10. The summed E-state index contributed by atoms with van der Waals surface area (Å²) in [5, 5.41) is 6.51. The summed E-state index contributed by atoms with van der Waals surface area (Å²) in [7, 11) is 1.75. The predicted molar refractivity (Wildman–Crippen MR) is 120 cm³/mol. The van der Waals surface area contributed by atoms with Crippen molar-refractivity contribution in [3.63, 3.8) is 0 Å². The van der Waals surface area contributed by atoms with E-state index in [1.54, 1.807) is 13.2 Å². The summed E-state index contributed by atoms with van der Waals surface area (Å²) < 4.78 is 5.82. The third-order valence-electron chi connectivity index (χ3n) is 4.10. The van der Waals surface area contributed by atoms with Crippen LogP contribution < -0.4 is 10.6 Å². The zero-order valence-electron chi connectivity index (χ0n) is 15.8. The Morgan fingerprint density at radius 3 is 2.15 bits per heavy atom. The van der Waals surface area contributed by atoms with Gasteiger partial charge in [0.05, 0.1) is 12.7 Å². The number of nitrogens with one attached hydrogen (secondary N) is 2. The molecule has 0 spiro atoms. The highest BCUT2D eigenvalue weighted by molar-refractivity contribution is 14.0. The van der Waals surface area contributed by atoms with E-state index < -0.39 is 0 Å². The van der Waals surface area contributed by atoms with E-state index >= 15 is 0 Å². The molecule has 0 saturated heterocycles. The van der Waals surface area contributed by atoms with Crippen molar-refractivity contribution in [3.8, 4) is 11.3 Å². The molecule has 5 nitrogen and oxygen atoms in total. The highest BCUT2D eigenvalue weighted by atomic mass is 127. The molecule has 1 aromatic heterocycles. The van der Waals surface area contributed by atoms with E-state index in [4.69, 9.17) is 4.42 Å². The average molecular weight is 476 g/mol. The van der Waals surface area contributed by atoms with Crippen molar-refractivity contribution in [1.29, 1.82) is 0 Å². The Labute approximate surface area is 177 Å². The number of hydrogen-bond acceptors (Lipinski definition) is 3. The Bertz CT molecular complexity index is 870. The van der Waals surface area contributed by atoms with Gasteiger partial charge in [0.2, 0.25) is 5.89 Å². The number of rotatable bonds is 5. The van der Waals surface area contributed by atoms with Gasteiger partial charge in [0, 0.05) is 19.2 Å². The Hall–Kier alpha value is -2.35. The number of guanidine groups is 1. The lowest BCUT2D eigenvalue weighted by Gasteiger charge is -2.10. The zero-order valence-corrected chi connectivity index (χ0v) is 18.2. The first-order valence-corrected chi connectivity index (χ1v) is 8.66. The summed E-state index contributed by atoms with van der Waals surface area (Å²) in [4.78, 5) is 8.57. The maximum absolute atomic E-state index is 5.82. The maximum atomic E-state index is 5.82. The molecule has 0 fully saturated rings. The number of aliphatic imine (C=N–C) groups is 1. The lowest BCUT2D eigenvalue weighted by atomic mass is 10.1. The molecule has 142 valence electrons. The number of hydrogen-bond donors (Lipinski definition) is 2. The standard InChI is InChI=1S/C21H24N4O.HI/c1-15-4-8-17(9-5-15)12-24-21(22-3)25-14-20-23-13-19(26-20)18-10-6-16(2)7-11-18;/h4-11,13H,12,14H2,1-3H3,(H2,22,24,25);1H. The van der Waals surface area contributed by atoms with Gasteiger partial charge in [0.1, 0.15) is 0 Å². The second kappa shape index (κ2) is 10.1. The molecule has 1 heterocycles. The van der Waals surface area contributed by atoms with Crippen LogP contribution in [0.25, 0.3) is 11.3 Å². The van der Waals surface area contributed by atoms with Gasteiger partial charge < -0.3 is 15.1 Å². The normalized spacial score (nSPS) is 11.0. The largest absolute Gasteiger partial charge is 0.439 e. The quantitative estimate of drug-likeness (QED) is 0.325. The summed E-state index contributed by atoms with van der Waals surface area (Å²) in [5.74, 6) is 2.10. The number of halogens is 1. The number of nitrogens with zero attached hydrogens (tertiary/aromatic N) is 2. The van der Waals surface area contributed by atoms with Crippen LogP contribution in [0.3, 0.4) is 0 Å². The number of oxazole rings is 1. The molecule has 3 aromatic rings. The molecular formula is C21H25IN4O. The first-order valence-electron chi connectivity index (χ1n) is 8.66. The lowest BCUT2D eigenvalue weighted by molar-refractivity contribution is 0.497. The fraction of sp³-hybridized carbons (Fsp3) is 0.238. The minimum Gasteiger partial charge on any atom is -0.439 e. The topological polar surface area (TPSA) is 62.5 Å². The molecule has 0 unspecified atom stereocenters. The fourth-order valence-corrected chi connectivity index (χ4v) is 2.51. The Balaban J connectivity index is 0.00000261. The van der Waals surface area contributed by atoms with E-state index in [0.717, 1.165) is 11.3 Å². The molecular weight excluding hydrogens is 451 g/mol. The van der Waals surface area contributed by atoms with Crippen molar-refractivity contribution in [2.24, 2.45) is 4.99 Å². The van der Waals surface area contributed by atoms with Gasteiger partial charge in [0.25, 0.3) is 0 Å². The van der Waals surface area contributed by atoms with Crippen LogP contribution in [0.15, 0.2) is 64.1 Å². The molecule has 2 aromatic carbocycles. The number of aromatic nitrogens is 1. The van der Waals surface area contributed by atoms with Gasteiger partial charge in [-0.2, -0.15) is 0 Å². The number of aryl methyl sites for hydroxylation is 2. The zero-order chi connectivity index (χ0) is 18.4. The van der Waals surface area contributed by atoms with Crippen molar-refractivity contribution in [3.05, 3.63) is 77.3 Å². The summed E-state index contributed by atoms with van der Waals surface area (Å²) in [6.07, 6.45) is 1.75. The van der Waals surface area contributed by atoms with Crippen molar-refractivity contribution in [1.82, 2.24) is 15.6 Å². The monoisotopic (exact) mass is 476 g/mol. The van der Waals surface area contributed by atoms with Gasteiger partial charge in [-0.3, -0.25) is 4.99 Å². The highest BCUT2D eigenvalue weighted by Crippen LogP contribution is 2.20. The van der Waals surface area contributed by atoms with Crippen molar-refractivity contribution < 1.29 is 4.42 Å².